The van der Waals surface area contributed by atoms with Crippen LogP contribution in [0.5, 0.6) is 0 Å². The second kappa shape index (κ2) is 7.66. The molecule has 0 spiro atoms. The fraction of sp³-hybridized carbons (Fsp3) is 0.429. The number of carboxylic acids is 1. The number of carboxylic acid groups (broad SMARTS) is 1. The van der Waals surface area contributed by atoms with Crippen LogP contribution in [0.25, 0.3) is 0 Å². The van der Waals surface area contributed by atoms with Crippen molar-refractivity contribution in [2.75, 3.05) is 19.6 Å². The molecule has 5 heteroatoms. The summed E-state index contributed by atoms with van der Waals surface area (Å²) >= 11 is 0. The van der Waals surface area contributed by atoms with Gasteiger partial charge in [0.1, 0.15) is 0 Å². The molecule has 104 valence electrons. The predicted octanol–water partition coefficient (Wildman–Crippen LogP) is 1.03. The Kier molecular flexibility index (Phi) is 6.18. The Labute approximate surface area is 112 Å². The van der Waals surface area contributed by atoms with Gasteiger partial charge in [-0.15, -0.1) is 0 Å². The van der Waals surface area contributed by atoms with Gasteiger partial charge in [0.15, 0.2) is 5.78 Å². The molecule has 0 aliphatic carbocycles. The lowest BCUT2D eigenvalue weighted by atomic mass is 10.1. The largest absolute Gasteiger partial charge is 0.481 e. The van der Waals surface area contributed by atoms with Crippen molar-refractivity contribution in [2.24, 2.45) is 0 Å². The molecule has 0 aliphatic rings. The molecular formula is C14H19NO4. The first-order valence-corrected chi connectivity index (χ1v) is 6.19. The first kappa shape index (κ1) is 15.3. The van der Waals surface area contributed by atoms with Crippen molar-refractivity contribution in [2.45, 2.75) is 19.4 Å². The lowest BCUT2D eigenvalue weighted by Crippen LogP contribution is -2.37. The van der Waals surface area contributed by atoms with Gasteiger partial charge in [-0.3, -0.25) is 14.5 Å². The van der Waals surface area contributed by atoms with E-state index in [0.29, 0.717) is 5.56 Å². The molecule has 5 nitrogen and oxygen atoms in total. The van der Waals surface area contributed by atoms with Gasteiger partial charge in [-0.05, 0) is 6.92 Å². The van der Waals surface area contributed by atoms with Gasteiger partial charge in [0, 0.05) is 18.7 Å². The van der Waals surface area contributed by atoms with Crippen LogP contribution >= 0.6 is 0 Å². The number of Topliss-reactive ketones (excluding diaryl/α,β-unsaturated/α-hetero) is 1. The van der Waals surface area contributed by atoms with E-state index in [-0.39, 0.29) is 31.8 Å². The fourth-order valence-corrected chi connectivity index (χ4v) is 1.78. The van der Waals surface area contributed by atoms with Gasteiger partial charge >= 0.3 is 5.97 Å². The van der Waals surface area contributed by atoms with E-state index in [1.54, 1.807) is 36.1 Å². The minimum Gasteiger partial charge on any atom is -0.481 e. The Bertz CT molecular complexity index is 417. The van der Waals surface area contributed by atoms with Gasteiger partial charge < -0.3 is 10.2 Å². The molecule has 0 saturated carbocycles. The van der Waals surface area contributed by atoms with Crippen LogP contribution in [0.3, 0.4) is 0 Å². The number of hydrogen-bond acceptors (Lipinski definition) is 4. The van der Waals surface area contributed by atoms with Crippen LogP contribution in [-0.4, -0.2) is 52.6 Å². The van der Waals surface area contributed by atoms with Crippen molar-refractivity contribution in [3.8, 4) is 0 Å². The van der Waals surface area contributed by atoms with Crippen molar-refractivity contribution in [3.05, 3.63) is 35.9 Å². The van der Waals surface area contributed by atoms with Crippen molar-refractivity contribution in [1.29, 1.82) is 0 Å². The molecule has 1 aromatic rings. The Morgan fingerprint density at radius 3 is 2.42 bits per heavy atom. The molecule has 1 aromatic carbocycles. The first-order chi connectivity index (χ1) is 8.99. The Hall–Kier alpha value is -1.72. The number of carbonyl (C=O) groups excluding carboxylic acids is 1. The molecule has 1 rings (SSSR count). The lowest BCUT2D eigenvalue weighted by molar-refractivity contribution is -0.137. The standard InChI is InChI=1S/C14H19NO4/c1-11(16)9-15(8-7-14(18)19)10-13(17)12-5-3-2-4-6-12/h2-6,11,16H,7-10H2,1H3,(H,18,19). The van der Waals surface area contributed by atoms with Crippen LogP contribution in [0, 0.1) is 0 Å². The van der Waals surface area contributed by atoms with Crippen molar-refractivity contribution >= 4 is 11.8 Å². The maximum Gasteiger partial charge on any atom is 0.304 e. The van der Waals surface area contributed by atoms with Crippen molar-refractivity contribution in [1.82, 2.24) is 4.90 Å². The second-order valence-corrected chi connectivity index (χ2v) is 4.52. The highest BCUT2D eigenvalue weighted by Crippen LogP contribution is 2.03. The molecule has 0 saturated heterocycles. The number of carbonyl (C=O) groups is 2. The van der Waals surface area contributed by atoms with Gasteiger partial charge in [-0.2, -0.15) is 0 Å². The minimum absolute atomic E-state index is 0.0468. The summed E-state index contributed by atoms with van der Waals surface area (Å²) in [6.07, 6.45) is -0.646. The third kappa shape index (κ3) is 6.13. The SMILES string of the molecule is CC(O)CN(CCC(=O)O)CC(=O)c1ccccc1. The molecule has 0 amide bonds. The molecule has 2 N–H and O–H groups in total. The number of nitrogens with zero attached hydrogens (tertiary/aromatic N) is 1. The lowest BCUT2D eigenvalue weighted by Gasteiger charge is -2.22. The molecule has 0 fully saturated rings. The average Bonchev–Trinajstić information content (AvgIpc) is 2.36. The summed E-state index contributed by atoms with van der Waals surface area (Å²) in [6, 6.07) is 8.84. The average molecular weight is 265 g/mol. The highest BCUT2D eigenvalue weighted by molar-refractivity contribution is 5.97. The number of aliphatic hydroxyl groups is 1. The predicted molar refractivity (Wildman–Crippen MR) is 71.1 cm³/mol. The van der Waals surface area contributed by atoms with Gasteiger partial charge in [-0.25, -0.2) is 0 Å². The van der Waals surface area contributed by atoms with E-state index in [9.17, 15) is 14.7 Å². The minimum atomic E-state index is -0.914. The molecule has 1 unspecified atom stereocenters. The molecule has 0 aliphatic heterocycles. The maximum atomic E-state index is 12.0. The summed E-state index contributed by atoms with van der Waals surface area (Å²) in [6.45, 7) is 2.26. The first-order valence-electron chi connectivity index (χ1n) is 6.19. The molecule has 0 radical (unpaired) electrons. The van der Waals surface area contributed by atoms with Crippen LogP contribution in [0.15, 0.2) is 30.3 Å². The fourth-order valence-electron chi connectivity index (χ4n) is 1.78. The molecule has 0 bridgehead atoms. The van der Waals surface area contributed by atoms with E-state index in [2.05, 4.69) is 0 Å². The Morgan fingerprint density at radius 2 is 1.89 bits per heavy atom. The number of benzene rings is 1. The maximum absolute atomic E-state index is 12.0. The highest BCUT2D eigenvalue weighted by atomic mass is 16.4. The monoisotopic (exact) mass is 265 g/mol. The van der Waals surface area contributed by atoms with Crippen LogP contribution in [-0.2, 0) is 4.79 Å². The summed E-state index contributed by atoms with van der Waals surface area (Å²) in [7, 11) is 0. The topological polar surface area (TPSA) is 77.8 Å². The number of aliphatic hydroxyl groups excluding tert-OH is 1. The summed E-state index contributed by atoms with van der Waals surface area (Å²) in [5, 5.41) is 18.0. The summed E-state index contributed by atoms with van der Waals surface area (Å²) in [5.74, 6) is -0.991. The normalized spacial score (nSPS) is 12.4. The Morgan fingerprint density at radius 1 is 1.26 bits per heavy atom. The zero-order chi connectivity index (χ0) is 14.3. The van der Waals surface area contributed by atoms with Crippen LogP contribution in [0.1, 0.15) is 23.7 Å². The van der Waals surface area contributed by atoms with Crippen LogP contribution in [0.4, 0.5) is 0 Å². The van der Waals surface area contributed by atoms with Gasteiger partial charge in [0.2, 0.25) is 0 Å². The van der Waals surface area contributed by atoms with E-state index in [1.807, 2.05) is 6.07 Å². The van der Waals surface area contributed by atoms with Gasteiger partial charge in [-0.1, -0.05) is 30.3 Å². The number of ketones is 1. The third-order valence-corrected chi connectivity index (χ3v) is 2.63. The van der Waals surface area contributed by atoms with Crippen LogP contribution in [0.2, 0.25) is 0 Å². The molecular weight excluding hydrogens is 246 g/mol. The molecule has 0 aromatic heterocycles. The van der Waals surface area contributed by atoms with Gasteiger partial charge in [0.05, 0.1) is 19.1 Å². The molecule has 1 atom stereocenters. The zero-order valence-electron chi connectivity index (χ0n) is 11.0. The van der Waals surface area contributed by atoms with E-state index in [4.69, 9.17) is 5.11 Å². The molecule has 19 heavy (non-hydrogen) atoms. The number of rotatable bonds is 8. The summed E-state index contributed by atoms with van der Waals surface area (Å²) in [5.41, 5.74) is 0.591. The van der Waals surface area contributed by atoms with E-state index in [1.165, 1.54) is 0 Å². The van der Waals surface area contributed by atoms with E-state index < -0.39 is 12.1 Å². The molecule has 0 heterocycles. The van der Waals surface area contributed by atoms with Gasteiger partial charge in [0.25, 0.3) is 0 Å². The third-order valence-electron chi connectivity index (χ3n) is 2.63. The van der Waals surface area contributed by atoms with Crippen molar-refractivity contribution < 1.29 is 19.8 Å². The zero-order valence-corrected chi connectivity index (χ0v) is 11.0. The van der Waals surface area contributed by atoms with Crippen LogP contribution < -0.4 is 0 Å². The highest BCUT2D eigenvalue weighted by Gasteiger charge is 2.15. The number of aliphatic carboxylic acids is 1. The quantitative estimate of drug-likeness (QED) is 0.686. The van der Waals surface area contributed by atoms with Crippen molar-refractivity contribution in [3.63, 3.8) is 0 Å². The van der Waals surface area contributed by atoms with E-state index >= 15 is 0 Å². The second-order valence-electron chi connectivity index (χ2n) is 4.52. The summed E-state index contributed by atoms with van der Waals surface area (Å²) in [4.78, 5) is 24.2. The summed E-state index contributed by atoms with van der Waals surface area (Å²) < 4.78 is 0. The smallest absolute Gasteiger partial charge is 0.304 e. The Balaban J connectivity index is 2.60. The number of hydrogen-bond donors (Lipinski definition) is 2. The van der Waals surface area contributed by atoms with E-state index in [0.717, 1.165) is 0 Å².